The van der Waals surface area contributed by atoms with Crippen LogP contribution < -0.4 is 10.6 Å². The molecule has 2 N–H and O–H groups in total. The van der Waals surface area contributed by atoms with Crippen LogP contribution in [0.4, 0.5) is 24.8 Å². The number of anilines is 2. The second-order valence-corrected chi connectivity index (χ2v) is 5.30. The molecule has 4 nitrogen and oxygen atoms in total. The van der Waals surface area contributed by atoms with Crippen molar-refractivity contribution in [2.75, 3.05) is 29.2 Å². The Balaban J connectivity index is 2.91. The summed E-state index contributed by atoms with van der Waals surface area (Å²) in [6, 6.07) is 1.54. The Kier molecular flexibility index (Phi) is 6.38. The summed E-state index contributed by atoms with van der Waals surface area (Å²) in [5.74, 6) is 0.174. The first kappa shape index (κ1) is 16.9. The van der Waals surface area contributed by atoms with E-state index in [1.807, 2.05) is 13.2 Å². The number of rotatable bonds is 7. The lowest BCUT2D eigenvalue weighted by atomic mass is 10.2. The lowest BCUT2D eigenvalue weighted by Gasteiger charge is -2.16. The van der Waals surface area contributed by atoms with E-state index >= 15 is 0 Å². The van der Waals surface area contributed by atoms with Crippen molar-refractivity contribution >= 4 is 23.4 Å². The van der Waals surface area contributed by atoms with Gasteiger partial charge in [0.05, 0.1) is 0 Å². The third kappa shape index (κ3) is 5.44. The molecule has 0 aliphatic carbocycles. The zero-order chi connectivity index (χ0) is 15.2. The Bertz CT molecular complexity index is 426. The van der Waals surface area contributed by atoms with Gasteiger partial charge < -0.3 is 10.6 Å². The van der Waals surface area contributed by atoms with Gasteiger partial charge in [-0.25, -0.2) is 9.97 Å². The minimum Gasteiger partial charge on any atom is -0.370 e. The van der Waals surface area contributed by atoms with Gasteiger partial charge in [-0.3, -0.25) is 0 Å². The Morgan fingerprint density at radius 3 is 2.50 bits per heavy atom. The normalized spacial score (nSPS) is 13.1. The SMILES string of the molecule is CCNc1cc(NC(C)CCSC)nc(C(F)(F)F)n1. The first-order valence-electron chi connectivity index (χ1n) is 6.32. The highest BCUT2D eigenvalue weighted by atomic mass is 32.2. The van der Waals surface area contributed by atoms with E-state index in [1.165, 1.54) is 6.07 Å². The van der Waals surface area contributed by atoms with E-state index in [2.05, 4.69) is 20.6 Å². The minimum absolute atomic E-state index is 0.0490. The van der Waals surface area contributed by atoms with Crippen molar-refractivity contribution < 1.29 is 13.2 Å². The van der Waals surface area contributed by atoms with Crippen molar-refractivity contribution in [1.82, 2.24) is 9.97 Å². The second-order valence-electron chi connectivity index (χ2n) is 4.32. The van der Waals surface area contributed by atoms with Crippen molar-refractivity contribution in [1.29, 1.82) is 0 Å². The Labute approximate surface area is 121 Å². The van der Waals surface area contributed by atoms with Crippen LogP contribution in [0.25, 0.3) is 0 Å². The number of halogens is 3. The highest BCUT2D eigenvalue weighted by Gasteiger charge is 2.35. The van der Waals surface area contributed by atoms with Crippen molar-refractivity contribution in [2.24, 2.45) is 0 Å². The van der Waals surface area contributed by atoms with Gasteiger partial charge in [0, 0.05) is 18.7 Å². The summed E-state index contributed by atoms with van der Waals surface area (Å²) in [6.45, 7) is 4.21. The molecule has 8 heteroatoms. The molecule has 1 aromatic rings. The van der Waals surface area contributed by atoms with Crippen LogP contribution in [0.5, 0.6) is 0 Å². The minimum atomic E-state index is -4.55. The molecule has 1 unspecified atom stereocenters. The monoisotopic (exact) mass is 308 g/mol. The van der Waals surface area contributed by atoms with E-state index in [-0.39, 0.29) is 17.7 Å². The van der Waals surface area contributed by atoms with Gasteiger partial charge in [-0.2, -0.15) is 24.9 Å². The smallest absolute Gasteiger partial charge is 0.370 e. The van der Waals surface area contributed by atoms with Crippen molar-refractivity contribution in [3.05, 3.63) is 11.9 Å². The molecule has 0 aliphatic rings. The maximum absolute atomic E-state index is 12.7. The molecule has 1 atom stereocenters. The zero-order valence-electron chi connectivity index (χ0n) is 11.7. The predicted octanol–water partition coefficient (Wildman–Crippen LogP) is 3.48. The van der Waals surface area contributed by atoms with Gasteiger partial charge in [-0.15, -0.1) is 0 Å². The first-order valence-corrected chi connectivity index (χ1v) is 7.71. The first-order chi connectivity index (χ1) is 9.36. The van der Waals surface area contributed by atoms with E-state index in [0.717, 1.165) is 12.2 Å². The van der Waals surface area contributed by atoms with Crippen LogP contribution in [-0.4, -0.2) is 34.6 Å². The van der Waals surface area contributed by atoms with Crippen LogP contribution in [0.15, 0.2) is 6.07 Å². The molecule has 114 valence electrons. The lowest BCUT2D eigenvalue weighted by molar-refractivity contribution is -0.144. The third-order valence-corrected chi connectivity index (χ3v) is 3.13. The van der Waals surface area contributed by atoms with Crippen molar-refractivity contribution in [2.45, 2.75) is 32.5 Å². The van der Waals surface area contributed by atoms with E-state index in [1.54, 1.807) is 18.7 Å². The molecule has 20 heavy (non-hydrogen) atoms. The Hall–Kier alpha value is -1.18. The quantitative estimate of drug-likeness (QED) is 0.807. The van der Waals surface area contributed by atoms with Crippen LogP contribution in [0, 0.1) is 0 Å². The summed E-state index contributed by atoms with van der Waals surface area (Å²) in [7, 11) is 0. The highest BCUT2D eigenvalue weighted by Crippen LogP contribution is 2.28. The number of thioether (sulfide) groups is 1. The molecule has 0 saturated heterocycles. The van der Waals surface area contributed by atoms with Crippen molar-refractivity contribution in [3.63, 3.8) is 0 Å². The van der Waals surface area contributed by atoms with E-state index in [9.17, 15) is 13.2 Å². The molecule has 1 aromatic heterocycles. The number of hydrogen-bond donors (Lipinski definition) is 2. The lowest BCUT2D eigenvalue weighted by Crippen LogP contribution is -2.20. The molecule has 0 aromatic carbocycles. The van der Waals surface area contributed by atoms with Gasteiger partial charge in [0.25, 0.3) is 0 Å². The summed E-state index contributed by atoms with van der Waals surface area (Å²) in [5.41, 5.74) is 0. The number of alkyl halides is 3. The molecule has 0 spiro atoms. The van der Waals surface area contributed by atoms with Crippen LogP contribution in [0.2, 0.25) is 0 Å². The van der Waals surface area contributed by atoms with Gasteiger partial charge in [-0.1, -0.05) is 0 Å². The molecule has 0 amide bonds. The van der Waals surface area contributed by atoms with Crippen LogP contribution in [0.3, 0.4) is 0 Å². The largest absolute Gasteiger partial charge is 0.451 e. The Morgan fingerprint density at radius 2 is 1.95 bits per heavy atom. The number of hydrogen-bond acceptors (Lipinski definition) is 5. The summed E-state index contributed by atoms with van der Waals surface area (Å²) in [4.78, 5) is 7.01. The second kappa shape index (κ2) is 7.56. The van der Waals surface area contributed by atoms with E-state index in [0.29, 0.717) is 6.54 Å². The summed E-state index contributed by atoms with van der Waals surface area (Å²) in [6.07, 6.45) is -1.71. The Morgan fingerprint density at radius 1 is 1.30 bits per heavy atom. The fraction of sp³-hybridized carbons (Fsp3) is 0.667. The van der Waals surface area contributed by atoms with Crippen LogP contribution in [-0.2, 0) is 6.18 Å². The number of nitrogens with zero attached hydrogens (tertiary/aromatic N) is 2. The van der Waals surface area contributed by atoms with Gasteiger partial charge in [0.1, 0.15) is 11.6 Å². The van der Waals surface area contributed by atoms with Crippen LogP contribution in [0.1, 0.15) is 26.1 Å². The fourth-order valence-corrected chi connectivity index (χ4v) is 2.13. The average molecular weight is 308 g/mol. The summed E-state index contributed by atoms with van der Waals surface area (Å²) >= 11 is 1.69. The van der Waals surface area contributed by atoms with Crippen molar-refractivity contribution in [3.8, 4) is 0 Å². The van der Waals surface area contributed by atoms with Gasteiger partial charge >= 0.3 is 6.18 Å². The molecular weight excluding hydrogens is 289 g/mol. The number of aromatic nitrogens is 2. The topological polar surface area (TPSA) is 49.8 Å². The standard InChI is InChI=1S/C12H19F3N4S/c1-4-16-9-7-10(17-8(2)5-6-20-3)19-11(18-9)12(13,14)15/h7-8H,4-6H2,1-3H3,(H2,16,17,18,19). The molecule has 1 rings (SSSR count). The summed E-state index contributed by atoms with van der Waals surface area (Å²) in [5, 5.41) is 5.77. The van der Waals surface area contributed by atoms with E-state index < -0.39 is 12.0 Å². The zero-order valence-corrected chi connectivity index (χ0v) is 12.5. The fourth-order valence-electron chi connectivity index (χ4n) is 1.54. The van der Waals surface area contributed by atoms with Gasteiger partial charge in [0.2, 0.25) is 5.82 Å². The predicted molar refractivity (Wildman–Crippen MR) is 77.3 cm³/mol. The third-order valence-electron chi connectivity index (χ3n) is 2.49. The molecule has 1 heterocycles. The average Bonchev–Trinajstić information content (AvgIpc) is 2.35. The maximum atomic E-state index is 12.7. The molecule has 0 aliphatic heterocycles. The molecule has 0 radical (unpaired) electrons. The molecule has 0 bridgehead atoms. The van der Waals surface area contributed by atoms with Gasteiger partial charge in [0.15, 0.2) is 0 Å². The molecular formula is C12H19F3N4S. The highest BCUT2D eigenvalue weighted by molar-refractivity contribution is 7.98. The number of nitrogens with one attached hydrogen (secondary N) is 2. The van der Waals surface area contributed by atoms with Crippen LogP contribution >= 0.6 is 11.8 Å². The summed E-state index contributed by atoms with van der Waals surface area (Å²) < 4.78 is 38.2. The van der Waals surface area contributed by atoms with Gasteiger partial charge in [-0.05, 0) is 32.3 Å². The molecule has 0 fully saturated rings. The maximum Gasteiger partial charge on any atom is 0.451 e. The van der Waals surface area contributed by atoms with E-state index in [4.69, 9.17) is 0 Å². The molecule has 0 saturated carbocycles.